The Balaban J connectivity index is 1.46. The van der Waals surface area contributed by atoms with Crippen LogP contribution in [0.2, 0.25) is 0 Å². The van der Waals surface area contributed by atoms with E-state index in [2.05, 4.69) is 4.98 Å². The van der Waals surface area contributed by atoms with Gasteiger partial charge in [-0.25, -0.2) is 0 Å². The number of nitrogens with zero attached hydrogens (tertiary/aromatic N) is 2. The summed E-state index contributed by atoms with van der Waals surface area (Å²) in [5, 5.41) is 11.2. The van der Waals surface area contributed by atoms with E-state index in [1.54, 1.807) is 60.9 Å². The summed E-state index contributed by atoms with van der Waals surface area (Å²) in [6.07, 6.45) is 4.68. The van der Waals surface area contributed by atoms with Gasteiger partial charge in [0.05, 0.1) is 24.4 Å². The first-order chi connectivity index (χ1) is 17.5. The van der Waals surface area contributed by atoms with E-state index in [-0.39, 0.29) is 17.9 Å². The number of carbonyl (C=O) groups excluding carboxylic acids is 2. The average molecular weight is 481 g/mol. The first-order valence-electron chi connectivity index (χ1n) is 11.5. The van der Waals surface area contributed by atoms with Gasteiger partial charge in [0.2, 0.25) is 0 Å². The first-order valence-corrected chi connectivity index (χ1v) is 11.5. The Morgan fingerprint density at radius 3 is 2.44 bits per heavy atom. The van der Waals surface area contributed by atoms with Gasteiger partial charge in [0, 0.05) is 18.0 Å². The highest BCUT2D eigenvalue weighted by atomic mass is 16.5. The lowest BCUT2D eigenvalue weighted by molar-refractivity contribution is -0.140. The van der Waals surface area contributed by atoms with E-state index in [0.717, 1.165) is 11.1 Å². The molecule has 1 amide bonds. The van der Waals surface area contributed by atoms with Gasteiger partial charge in [-0.15, -0.1) is 0 Å². The van der Waals surface area contributed by atoms with Crippen molar-refractivity contribution < 1.29 is 23.8 Å². The molecular formula is C29H24N2O5. The number of hydrogen-bond acceptors (Lipinski definition) is 6. The molecule has 180 valence electrons. The molecule has 7 nitrogen and oxygen atoms in total. The number of furan rings is 1. The Kier molecular flexibility index (Phi) is 6.36. The number of rotatable bonds is 7. The predicted octanol–water partition coefficient (Wildman–Crippen LogP) is 5.18. The maximum absolute atomic E-state index is 13.1. The molecule has 0 unspecified atom stereocenters. The second-order valence-corrected chi connectivity index (χ2v) is 8.53. The number of amides is 1. The van der Waals surface area contributed by atoms with Crippen LogP contribution in [0.15, 0.2) is 101 Å². The van der Waals surface area contributed by atoms with Crippen LogP contribution in [-0.4, -0.2) is 26.7 Å². The topological polar surface area (TPSA) is 92.9 Å². The molecule has 1 aliphatic rings. The van der Waals surface area contributed by atoms with Crippen molar-refractivity contribution in [1.29, 1.82) is 0 Å². The minimum atomic E-state index is -0.782. The molecule has 2 aromatic heterocycles. The number of hydrogen-bond donors (Lipinski definition) is 1. The number of pyridine rings is 1. The summed E-state index contributed by atoms with van der Waals surface area (Å²) in [7, 11) is 0. The zero-order valence-electron chi connectivity index (χ0n) is 19.6. The highest BCUT2D eigenvalue weighted by Crippen LogP contribution is 2.40. The van der Waals surface area contributed by atoms with Crippen molar-refractivity contribution in [2.75, 3.05) is 0 Å². The molecule has 0 bridgehead atoms. The highest BCUT2D eigenvalue weighted by Gasteiger charge is 2.46. The number of Topliss-reactive ketones (excluding diaryl/α,β-unsaturated/α-hetero) is 1. The number of ether oxygens (including phenoxy) is 1. The van der Waals surface area contributed by atoms with Gasteiger partial charge in [-0.3, -0.25) is 14.6 Å². The average Bonchev–Trinajstić information content (AvgIpc) is 3.51. The van der Waals surface area contributed by atoms with Crippen molar-refractivity contribution in [3.05, 3.63) is 125 Å². The van der Waals surface area contributed by atoms with E-state index < -0.39 is 17.7 Å². The number of benzene rings is 2. The molecule has 1 saturated heterocycles. The minimum absolute atomic E-state index is 0.0198. The molecule has 0 aliphatic carbocycles. The standard InChI is InChI=1S/C29H24N2O5/c1-19-5-2-3-6-22(19)18-36-23-10-8-21(9-11-23)27(32)25-26(20-12-14-30-15-13-20)31(29(34)28(25)33)17-24-7-4-16-35-24/h2-16,26,32H,17-18H2,1H3/b27-25+/t26-/m1/s1. The van der Waals surface area contributed by atoms with Crippen LogP contribution in [0.5, 0.6) is 5.75 Å². The maximum atomic E-state index is 13.1. The van der Waals surface area contributed by atoms with Gasteiger partial charge in [0.1, 0.15) is 23.9 Å². The molecule has 0 saturated carbocycles. The minimum Gasteiger partial charge on any atom is -0.507 e. The molecule has 5 rings (SSSR count). The summed E-state index contributed by atoms with van der Waals surface area (Å²) >= 11 is 0. The lowest BCUT2D eigenvalue weighted by atomic mass is 9.96. The second kappa shape index (κ2) is 9.92. The highest BCUT2D eigenvalue weighted by molar-refractivity contribution is 6.46. The van der Waals surface area contributed by atoms with Crippen LogP contribution in [0.3, 0.4) is 0 Å². The van der Waals surface area contributed by atoms with E-state index >= 15 is 0 Å². The quantitative estimate of drug-likeness (QED) is 0.222. The van der Waals surface area contributed by atoms with Crippen molar-refractivity contribution in [2.45, 2.75) is 26.1 Å². The van der Waals surface area contributed by atoms with Crippen LogP contribution in [-0.2, 0) is 22.7 Å². The van der Waals surface area contributed by atoms with Crippen LogP contribution in [0.4, 0.5) is 0 Å². The normalized spacial score (nSPS) is 16.9. The molecule has 3 heterocycles. The van der Waals surface area contributed by atoms with Crippen LogP contribution < -0.4 is 4.74 Å². The molecular weight excluding hydrogens is 456 g/mol. The van der Waals surface area contributed by atoms with Crippen molar-refractivity contribution in [2.24, 2.45) is 0 Å². The summed E-state index contributed by atoms with van der Waals surface area (Å²) < 4.78 is 11.3. The molecule has 4 aromatic rings. The molecule has 36 heavy (non-hydrogen) atoms. The van der Waals surface area contributed by atoms with Gasteiger partial charge < -0.3 is 19.2 Å². The Bertz CT molecular complexity index is 1410. The van der Waals surface area contributed by atoms with Gasteiger partial charge in [0.25, 0.3) is 11.7 Å². The number of carbonyl (C=O) groups is 2. The molecule has 7 heteroatoms. The van der Waals surface area contributed by atoms with Gasteiger partial charge in [-0.05, 0) is 72.1 Å². The van der Waals surface area contributed by atoms with Crippen LogP contribution in [0.25, 0.3) is 5.76 Å². The zero-order chi connectivity index (χ0) is 25.1. The number of likely N-dealkylation sites (tertiary alicyclic amines) is 1. The lowest BCUT2D eigenvalue weighted by Crippen LogP contribution is -2.29. The molecule has 2 aromatic carbocycles. The summed E-state index contributed by atoms with van der Waals surface area (Å²) in [5.74, 6) is -0.541. The fourth-order valence-electron chi connectivity index (χ4n) is 4.30. The van der Waals surface area contributed by atoms with Crippen molar-refractivity contribution >= 4 is 17.4 Å². The summed E-state index contributed by atoms with van der Waals surface area (Å²) in [6.45, 7) is 2.53. The number of aromatic nitrogens is 1. The largest absolute Gasteiger partial charge is 0.507 e. The number of aliphatic hydroxyl groups excluding tert-OH is 1. The smallest absolute Gasteiger partial charge is 0.296 e. The number of aliphatic hydroxyl groups is 1. The third-order valence-corrected chi connectivity index (χ3v) is 6.25. The summed E-state index contributed by atoms with van der Waals surface area (Å²) in [6, 6.07) is 20.9. The SMILES string of the molecule is Cc1ccccc1COc1ccc(/C(O)=C2\C(=O)C(=O)N(Cc3ccco3)[C@@H]2c2ccncc2)cc1. The summed E-state index contributed by atoms with van der Waals surface area (Å²) in [4.78, 5) is 31.6. The Hall–Kier alpha value is -4.65. The first kappa shape index (κ1) is 23.1. The third-order valence-electron chi connectivity index (χ3n) is 6.25. The van der Waals surface area contributed by atoms with Crippen LogP contribution in [0, 0.1) is 6.92 Å². The number of aryl methyl sites for hydroxylation is 1. The van der Waals surface area contributed by atoms with Gasteiger partial charge in [-0.1, -0.05) is 24.3 Å². The van der Waals surface area contributed by atoms with E-state index in [1.807, 2.05) is 31.2 Å². The van der Waals surface area contributed by atoms with Crippen molar-refractivity contribution in [1.82, 2.24) is 9.88 Å². The summed E-state index contributed by atoms with van der Waals surface area (Å²) in [5.41, 5.74) is 3.32. The van der Waals surface area contributed by atoms with E-state index in [4.69, 9.17) is 9.15 Å². The Morgan fingerprint density at radius 2 is 1.75 bits per heavy atom. The molecule has 1 aliphatic heterocycles. The van der Waals surface area contributed by atoms with Crippen molar-refractivity contribution in [3.8, 4) is 5.75 Å². The van der Waals surface area contributed by atoms with Crippen LogP contribution in [0.1, 0.15) is 34.1 Å². The Labute approximate surface area is 208 Å². The zero-order valence-corrected chi connectivity index (χ0v) is 19.6. The van der Waals surface area contributed by atoms with Gasteiger partial charge in [-0.2, -0.15) is 0 Å². The molecule has 1 fully saturated rings. The fraction of sp³-hybridized carbons (Fsp3) is 0.138. The third kappa shape index (κ3) is 4.51. The molecule has 0 spiro atoms. The second-order valence-electron chi connectivity index (χ2n) is 8.53. The lowest BCUT2D eigenvalue weighted by Gasteiger charge is -2.24. The molecule has 1 N–H and O–H groups in total. The molecule has 0 radical (unpaired) electrons. The predicted molar refractivity (Wildman–Crippen MR) is 133 cm³/mol. The fourth-order valence-corrected chi connectivity index (χ4v) is 4.30. The van der Waals surface area contributed by atoms with Crippen LogP contribution >= 0.6 is 0 Å². The van der Waals surface area contributed by atoms with E-state index in [0.29, 0.717) is 29.2 Å². The van der Waals surface area contributed by atoms with E-state index in [1.165, 1.54) is 11.2 Å². The van der Waals surface area contributed by atoms with E-state index in [9.17, 15) is 14.7 Å². The van der Waals surface area contributed by atoms with Crippen molar-refractivity contribution in [3.63, 3.8) is 0 Å². The van der Waals surface area contributed by atoms with Gasteiger partial charge in [0.15, 0.2) is 0 Å². The van der Waals surface area contributed by atoms with Gasteiger partial charge >= 0.3 is 0 Å². The number of ketones is 1. The molecule has 1 atom stereocenters. The Morgan fingerprint density at radius 1 is 1.00 bits per heavy atom. The maximum Gasteiger partial charge on any atom is 0.296 e. The monoisotopic (exact) mass is 480 g/mol.